The van der Waals surface area contributed by atoms with Gasteiger partial charge in [0.1, 0.15) is 0 Å². The van der Waals surface area contributed by atoms with Crippen molar-refractivity contribution in [3.8, 4) is 89.5 Å². The maximum absolute atomic E-state index is 12.9. The Labute approximate surface area is 574 Å². The third-order valence-electron chi connectivity index (χ3n) is 15.5. The van der Waals surface area contributed by atoms with Gasteiger partial charge in [-0.25, -0.2) is 9.97 Å². The fourth-order valence-corrected chi connectivity index (χ4v) is 11.8. The maximum Gasteiger partial charge on any atom is 2.00 e. The Morgan fingerprint density at radius 2 is 0.413 bits per heavy atom. The van der Waals surface area contributed by atoms with Crippen molar-refractivity contribution in [3.05, 3.63) is 214 Å². The topological polar surface area (TPSA) is 378 Å². The van der Waals surface area contributed by atoms with E-state index in [1.807, 2.05) is 0 Å². The van der Waals surface area contributed by atoms with Gasteiger partial charge in [-0.1, -0.05) is 97.1 Å². The van der Waals surface area contributed by atoms with Crippen LogP contribution in [0.4, 0.5) is 0 Å². The molecule has 0 fully saturated rings. The second kappa shape index (κ2) is 25.7. The number of carboxylic acids is 8. The Kier molecular flexibility index (Phi) is 18.5. The molecule has 8 aromatic carbocycles. The number of hydrogen-bond acceptors (Lipinski definition) is 18. The van der Waals surface area contributed by atoms with E-state index < -0.39 is 92.3 Å². The van der Waals surface area contributed by atoms with Crippen molar-refractivity contribution in [2.45, 2.75) is 0 Å². The summed E-state index contributed by atoms with van der Waals surface area (Å²) in [6.45, 7) is 0. The molecule has 24 heteroatoms. The van der Waals surface area contributed by atoms with Crippen LogP contribution in [0.25, 0.3) is 133 Å². The monoisotopic (exact) mass is 1940 g/mol. The van der Waals surface area contributed by atoms with Gasteiger partial charge < -0.3 is 89.2 Å². The third kappa shape index (κ3) is 11.3. The molecule has 92 heavy (non-hydrogen) atoms. The van der Waals surface area contributed by atoms with Gasteiger partial charge in [-0.3, -0.25) is 0 Å². The van der Waals surface area contributed by atoms with Crippen LogP contribution in [-0.2, 0) is 84.3 Å². The number of carboxylic acid groups (broad SMARTS) is 8. The first-order chi connectivity index (χ1) is 42.2. The Morgan fingerprint density at radius 1 is 0.250 bits per heavy atom. The van der Waals surface area contributed by atoms with E-state index in [-0.39, 0.29) is 217 Å². The summed E-state index contributed by atoms with van der Waals surface area (Å²) in [5.41, 5.74) is -4.44. The molecule has 2 aliphatic heterocycles. The van der Waals surface area contributed by atoms with Crippen LogP contribution in [0, 0.1) is 0 Å². The molecule has 2 aromatic heterocycles. The quantitative estimate of drug-likeness (QED) is 0.178. The zero-order chi connectivity index (χ0) is 61.7. The number of carbonyl (C=O) groups is 8. The number of nitrogens with zero attached hydrogens (tertiary/aromatic N) is 2. The van der Waals surface area contributed by atoms with Gasteiger partial charge in [-0.15, -0.1) is 0 Å². The Hall–Kier alpha value is -10.1. The van der Waals surface area contributed by atoms with Crippen molar-refractivity contribution < 1.29 is 163 Å². The summed E-state index contributed by atoms with van der Waals surface area (Å²) in [6.07, 6.45) is 0. The van der Waals surface area contributed by atoms with Crippen molar-refractivity contribution in [1.29, 1.82) is 0 Å². The predicted molar refractivity (Wildman–Crippen MR) is 301 cm³/mol. The summed E-state index contributed by atoms with van der Waals surface area (Å²) < 4.78 is 0. The van der Waals surface area contributed by atoms with Gasteiger partial charge in [-0.2, -0.15) is 0 Å². The van der Waals surface area contributed by atoms with E-state index in [0.717, 1.165) is 72.8 Å². The average molecular weight is 1940 g/mol. The Bertz CT molecular complexity index is 4520. The first-order valence-electron chi connectivity index (χ1n) is 26.4. The fourth-order valence-electron chi connectivity index (χ4n) is 11.8. The first-order valence-corrected chi connectivity index (χ1v) is 26.4. The minimum atomic E-state index is -1.80. The molecule has 1 aliphatic carbocycles. The summed E-state index contributed by atoms with van der Waals surface area (Å²) in [5, 5.41) is 105. The number of carbonyl (C=O) groups excluding carboxylic acids is 8. The Balaban J connectivity index is 0.00000250. The minimum Gasteiger partial charge on any atom is -0.545 e. The zero-order valence-corrected chi connectivity index (χ0v) is 54.9. The number of aromatic carboxylic acids is 8. The second-order valence-electron chi connectivity index (χ2n) is 20.5. The predicted octanol–water partition coefficient (Wildman–Crippen LogP) is 2.86. The molecular weight excluding hydrogens is 1910 g/mol. The van der Waals surface area contributed by atoms with Crippen molar-refractivity contribution >= 4 is 91.4 Å². The van der Waals surface area contributed by atoms with Crippen molar-refractivity contribution in [2.24, 2.45) is 0 Å². The Morgan fingerprint density at radius 3 is 0.576 bits per heavy atom. The number of nitrogens with one attached hydrogen (secondary N) is 2. The summed E-state index contributed by atoms with van der Waals surface area (Å²) in [5.74, 6) is -14.4. The molecule has 3 aliphatic rings. The van der Waals surface area contributed by atoms with Gasteiger partial charge in [-0.05, 0) is 140 Å². The fraction of sp³-hybridized carbons (Fsp3) is 0. The molecule has 458 valence electrons. The van der Waals surface area contributed by atoms with Gasteiger partial charge in [0.25, 0.3) is 0 Å². The van der Waals surface area contributed by atoms with E-state index >= 15 is 0 Å². The average Bonchev–Trinajstić information content (AvgIpc) is 1.48. The molecule has 13 rings (SSSR count). The van der Waals surface area contributed by atoms with E-state index in [1.165, 1.54) is 0 Å². The van der Waals surface area contributed by atoms with E-state index in [4.69, 9.17) is 9.97 Å². The number of H-pyrrole nitrogens is 2. The van der Waals surface area contributed by atoms with Crippen LogP contribution < -0.4 is 40.9 Å². The molecule has 0 spiro atoms. The number of aromatic nitrogens is 4. The summed E-state index contributed by atoms with van der Waals surface area (Å²) in [4.78, 5) is 121. The van der Waals surface area contributed by atoms with Crippen LogP contribution in [0.5, 0.6) is 0 Å². The molecule has 0 unspecified atom stereocenters. The largest absolute Gasteiger partial charge is 2.00 e. The van der Waals surface area contributed by atoms with E-state index in [1.54, 1.807) is 97.1 Å². The number of benzene rings is 8. The van der Waals surface area contributed by atoms with Crippen molar-refractivity contribution in [2.75, 3.05) is 0 Å². The smallest absolute Gasteiger partial charge is 0.545 e. The normalized spacial score (nSPS) is 11.0. The van der Waals surface area contributed by atoms with E-state index in [0.29, 0.717) is 0 Å². The van der Waals surface area contributed by atoms with Crippen LogP contribution in [0.15, 0.2) is 170 Å². The van der Waals surface area contributed by atoms with Crippen LogP contribution in [0.2, 0.25) is 0 Å². The van der Waals surface area contributed by atoms with Crippen molar-refractivity contribution in [3.63, 3.8) is 0 Å². The molecule has 20 nitrogen and oxygen atoms in total. The molecule has 0 radical (unpaired) electrons. The molecule has 4 heterocycles. The minimum absolute atomic E-state index is 0. The molecule has 0 atom stereocenters. The SMILES string of the molecule is O=C([O-])c1cc(C(=O)[O-])cc(-c2c3nc(c(-c4cc(C(=O)[O-])cc(C(=O)[O-])c4)c4[nH]c(c(-c5cc(C(=O)[O-])cc(C(=O)[O-])c5)c5nc(c(-c6cc(C(=O)[O-])cc(C(=O)[O-])c6)c6[nH]c2c2ccccc62)-c2ccccc2-5)c2ccccc42)-c2ccccc2-3)c1.[Pt+2].[Pt+2].[Pt+2].[Pt+2]. The number of hydrogen-bond donors (Lipinski definition) is 2. The number of rotatable bonds is 12. The summed E-state index contributed by atoms with van der Waals surface area (Å²) in [6, 6.07) is 38.5. The van der Waals surface area contributed by atoms with Gasteiger partial charge in [0, 0.05) is 66.1 Å². The molecule has 0 amide bonds. The van der Waals surface area contributed by atoms with Gasteiger partial charge in [0.2, 0.25) is 0 Å². The standard InChI is InChI=1S/C68H38N4O16.4Pt/c73-61(74)33-17-29(18-34(25-33)62(75)76)49-53-41-9-1-2-10-42(41)54(69-53)50(30-19-35(63(77)78)26-36(20-30)64(79)80)56-45-13-5-6-14-46(45)58(71-56)52(32-23-39(67(85)86)28-40(24-32)68(87)88)60-48-16-8-7-15-47(48)59(72-60)51(57-44-12-4-3-11-43(44)55(49)70-57)31-21-37(65(81)82)27-38(22-31)66(83)84;;;;/h1-28,69,72H,(H,73,74)(H,75,76)(H,77,78)(H,79,80)(H,81,82)(H,83,84)(H,85,86)(H,87,88);;;;/q;4*+2/p-8. The van der Waals surface area contributed by atoms with Crippen molar-refractivity contribution in [1.82, 2.24) is 19.9 Å². The van der Waals surface area contributed by atoms with Gasteiger partial charge in [0.15, 0.2) is 0 Å². The van der Waals surface area contributed by atoms with Crippen LogP contribution in [-0.4, -0.2) is 67.7 Å². The summed E-state index contributed by atoms with van der Waals surface area (Å²) in [7, 11) is 0. The van der Waals surface area contributed by atoms with E-state index in [9.17, 15) is 79.2 Å². The van der Waals surface area contributed by atoms with Crippen LogP contribution in [0.3, 0.4) is 0 Å². The van der Waals surface area contributed by atoms with Gasteiger partial charge in [0.05, 0.1) is 92.6 Å². The molecule has 0 saturated heterocycles. The molecular formula is C68H30N4O16Pt4. The summed E-state index contributed by atoms with van der Waals surface area (Å²) >= 11 is 0. The molecule has 10 aromatic rings. The van der Waals surface area contributed by atoms with Crippen LogP contribution >= 0.6 is 0 Å². The second-order valence-corrected chi connectivity index (χ2v) is 20.5. The zero-order valence-electron chi connectivity index (χ0n) is 45.9. The third-order valence-corrected chi connectivity index (χ3v) is 15.5. The first kappa shape index (κ1) is 66.3. The molecule has 2 N–H and O–H groups in total. The van der Waals surface area contributed by atoms with Crippen LogP contribution in [0.1, 0.15) is 82.9 Å². The molecule has 0 saturated carbocycles. The molecule has 8 bridgehead atoms. The van der Waals surface area contributed by atoms with Gasteiger partial charge >= 0.3 is 84.3 Å². The van der Waals surface area contributed by atoms with E-state index in [2.05, 4.69) is 9.97 Å². The number of aromatic amines is 2. The maximum atomic E-state index is 12.9.